The van der Waals surface area contributed by atoms with Crippen LogP contribution < -0.4 is 20.1 Å². The number of ether oxygens (including phenoxy) is 2. The fourth-order valence-electron chi connectivity index (χ4n) is 3.28. The van der Waals surface area contributed by atoms with E-state index in [4.69, 9.17) is 21.7 Å². The molecule has 1 aromatic carbocycles. The van der Waals surface area contributed by atoms with Crippen molar-refractivity contribution in [3.05, 3.63) is 40.1 Å². The molecule has 1 aliphatic heterocycles. The molecule has 0 saturated carbocycles. The van der Waals surface area contributed by atoms with Crippen LogP contribution in [0.4, 0.5) is 13.2 Å². The minimum absolute atomic E-state index is 0.0294. The lowest BCUT2D eigenvalue weighted by Gasteiger charge is -2.46. The predicted molar refractivity (Wildman–Crippen MR) is 106 cm³/mol. The summed E-state index contributed by atoms with van der Waals surface area (Å²) in [5.41, 5.74) is -3.55. The van der Waals surface area contributed by atoms with Crippen molar-refractivity contribution in [3.8, 4) is 17.2 Å². The van der Waals surface area contributed by atoms with Crippen LogP contribution in [-0.2, 0) is 0 Å². The van der Waals surface area contributed by atoms with E-state index in [0.717, 1.165) is 11.3 Å². The van der Waals surface area contributed by atoms with Crippen molar-refractivity contribution in [2.75, 3.05) is 14.2 Å². The molecule has 0 aliphatic carbocycles. The number of thiophene rings is 1. The number of methoxy groups -OCH3 is 2. The van der Waals surface area contributed by atoms with E-state index in [1.165, 1.54) is 43.9 Å². The molecule has 1 saturated heterocycles. The van der Waals surface area contributed by atoms with Crippen LogP contribution in [0.3, 0.4) is 0 Å². The van der Waals surface area contributed by atoms with Crippen LogP contribution in [0, 0.1) is 5.92 Å². The van der Waals surface area contributed by atoms with Gasteiger partial charge in [0.25, 0.3) is 0 Å². The molecule has 4 N–H and O–H groups in total. The molecule has 30 heavy (non-hydrogen) atoms. The Kier molecular flexibility index (Phi) is 5.85. The number of phenolic OH excluding ortho intramolecular Hbond substituents is 1. The van der Waals surface area contributed by atoms with Gasteiger partial charge in [-0.3, -0.25) is 4.79 Å². The number of hydrogen-bond acceptors (Lipinski definition) is 7. The monoisotopic (exact) mass is 462 g/mol. The van der Waals surface area contributed by atoms with E-state index in [9.17, 15) is 28.2 Å². The number of benzene rings is 1. The molecular weight excluding hydrogens is 445 g/mol. The number of carbonyl (C=O) groups is 1. The number of rotatable bonds is 5. The van der Waals surface area contributed by atoms with Crippen molar-refractivity contribution in [2.24, 2.45) is 5.92 Å². The predicted octanol–water partition coefficient (Wildman–Crippen LogP) is 2.74. The zero-order valence-electron chi connectivity index (χ0n) is 15.6. The highest BCUT2D eigenvalue weighted by Crippen LogP contribution is 2.47. The number of Topliss-reactive ketones (excluding diaryl/α,β-unsaturated/α-hetero) is 1. The first kappa shape index (κ1) is 22.1. The Hall–Kier alpha value is -2.57. The fraction of sp³-hybridized carbons (Fsp3) is 0.333. The average molecular weight is 462 g/mol. The highest BCUT2D eigenvalue weighted by molar-refractivity contribution is 7.80. The van der Waals surface area contributed by atoms with Gasteiger partial charge >= 0.3 is 6.18 Å². The number of phenols is 1. The summed E-state index contributed by atoms with van der Waals surface area (Å²) in [6.07, 6.45) is -5.24. The normalized spacial score (nSPS) is 24.0. The van der Waals surface area contributed by atoms with Gasteiger partial charge < -0.3 is 30.3 Å². The van der Waals surface area contributed by atoms with Gasteiger partial charge in [0.2, 0.25) is 11.5 Å². The molecule has 1 aromatic heterocycles. The summed E-state index contributed by atoms with van der Waals surface area (Å²) < 4.78 is 52.0. The minimum atomic E-state index is -5.24. The first-order valence-corrected chi connectivity index (χ1v) is 9.72. The van der Waals surface area contributed by atoms with Gasteiger partial charge in [-0.05, 0) is 41.4 Å². The largest absolute Gasteiger partial charge is 0.502 e. The van der Waals surface area contributed by atoms with Gasteiger partial charge in [-0.2, -0.15) is 13.2 Å². The van der Waals surface area contributed by atoms with Crippen molar-refractivity contribution < 1.29 is 37.7 Å². The molecule has 0 amide bonds. The number of carbonyl (C=O) groups excluding carboxylic acids is 1. The lowest BCUT2D eigenvalue weighted by Crippen LogP contribution is -2.72. The van der Waals surface area contributed by atoms with E-state index in [2.05, 4.69) is 5.32 Å². The third-order valence-electron chi connectivity index (χ3n) is 4.71. The van der Waals surface area contributed by atoms with Crippen LogP contribution in [0.15, 0.2) is 29.6 Å². The maximum Gasteiger partial charge on any atom is 0.437 e. The quantitative estimate of drug-likeness (QED) is 0.398. The third-order valence-corrected chi connectivity index (χ3v) is 5.82. The van der Waals surface area contributed by atoms with Crippen LogP contribution >= 0.6 is 23.6 Å². The van der Waals surface area contributed by atoms with Crippen molar-refractivity contribution in [2.45, 2.75) is 17.9 Å². The molecule has 2 heterocycles. The van der Waals surface area contributed by atoms with Crippen LogP contribution in [0.2, 0.25) is 0 Å². The summed E-state index contributed by atoms with van der Waals surface area (Å²) in [5, 5.41) is 26.3. The molecule has 0 radical (unpaired) electrons. The van der Waals surface area contributed by atoms with Gasteiger partial charge in [-0.15, -0.1) is 11.3 Å². The van der Waals surface area contributed by atoms with E-state index in [0.29, 0.717) is 0 Å². The van der Waals surface area contributed by atoms with Gasteiger partial charge in [0, 0.05) is 0 Å². The van der Waals surface area contributed by atoms with Gasteiger partial charge in [-0.25, -0.2) is 0 Å². The summed E-state index contributed by atoms with van der Waals surface area (Å²) in [4.78, 5) is 13.1. The van der Waals surface area contributed by atoms with Gasteiger partial charge in [0.05, 0.1) is 25.1 Å². The van der Waals surface area contributed by atoms with E-state index < -0.39 is 34.8 Å². The zero-order chi connectivity index (χ0) is 22.3. The lowest BCUT2D eigenvalue weighted by atomic mass is 9.78. The van der Waals surface area contributed by atoms with Crippen molar-refractivity contribution in [1.82, 2.24) is 10.6 Å². The van der Waals surface area contributed by atoms with Crippen molar-refractivity contribution >= 4 is 34.5 Å². The molecule has 0 bridgehead atoms. The molecule has 0 unspecified atom stereocenters. The summed E-state index contributed by atoms with van der Waals surface area (Å²) in [6.45, 7) is 0. The Bertz CT molecular complexity index is 942. The first-order chi connectivity index (χ1) is 14.0. The van der Waals surface area contributed by atoms with E-state index >= 15 is 0 Å². The molecule has 12 heteroatoms. The van der Waals surface area contributed by atoms with E-state index in [1.807, 2.05) is 5.32 Å². The Balaban J connectivity index is 2.22. The Labute approximate surface area is 178 Å². The van der Waals surface area contributed by atoms with Crippen LogP contribution in [-0.4, -0.2) is 47.2 Å². The molecule has 1 fully saturated rings. The van der Waals surface area contributed by atoms with E-state index in [-0.39, 0.29) is 27.7 Å². The molecule has 2 aromatic rings. The number of hydrogen-bond donors (Lipinski definition) is 4. The van der Waals surface area contributed by atoms with Gasteiger partial charge in [0.1, 0.15) is 5.92 Å². The number of nitrogens with one attached hydrogen (secondary N) is 2. The lowest BCUT2D eigenvalue weighted by molar-refractivity contribution is -0.285. The summed E-state index contributed by atoms with van der Waals surface area (Å²) in [5.74, 6) is -3.54. The maximum absolute atomic E-state index is 14.0. The van der Waals surface area contributed by atoms with Gasteiger partial charge in [0.15, 0.2) is 22.4 Å². The molecule has 3 rings (SSSR count). The molecule has 0 spiro atoms. The Morgan fingerprint density at radius 2 is 1.87 bits per heavy atom. The summed E-state index contributed by atoms with van der Waals surface area (Å²) in [7, 11) is 2.50. The van der Waals surface area contributed by atoms with Crippen LogP contribution in [0.1, 0.15) is 21.3 Å². The first-order valence-electron chi connectivity index (χ1n) is 8.44. The van der Waals surface area contributed by atoms with Crippen LogP contribution in [0.25, 0.3) is 0 Å². The number of halogens is 3. The SMILES string of the molecule is COc1cc([C@H]2NC(=S)N[C@@](O)(C(F)(F)F)[C@H]2C(=O)c2cccs2)cc(OC)c1O. The summed E-state index contributed by atoms with van der Waals surface area (Å²) >= 11 is 5.83. The molecular formula is C18H17F3N2O5S2. The second kappa shape index (κ2) is 7.93. The standard InChI is InChI=1S/C18H17F3N2O5S2/c1-27-9-6-8(7-10(28-2)14(9)24)13-12(15(25)11-4-3-5-30-11)17(26,18(19,20)21)23-16(29)22-13/h3-7,12-13,24,26H,1-2H3,(H2,22,23,29)/t12-,13-,17+/m1/s1. The zero-order valence-corrected chi connectivity index (χ0v) is 17.2. The highest BCUT2D eigenvalue weighted by Gasteiger charge is 2.66. The topological polar surface area (TPSA) is 100 Å². The summed E-state index contributed by atoms with van der Waals surface area (Å²) in [6, 6.07) is 3.96. The number of thiocarbonyl (C=S) groups is 1. The second-order valence-corrected chi connectivity index (χ2v) is 7.79. The number of aromatic hydroxyl groups is 1. The van der Waals surface area contributed by atoms with E-state index in [1.54, 1.807) is 0 Å². The van der Waals surface area contributed by atoms with Crippen LogP contribution in [0.5, 0.6) is 17.2 Å². The average Bonchev–Trinajstić information content (AvgIpc) is 3.21. The van der Waals surface area contributed by atoms with Crippen molar-refractivity contribution in [3.63, 3.8) is 0 Å². The Morgan fingerprint density at radius 1 is 1.27 bits per heavy atom. The fourth-order valence-corrected chi connectivity index (χ4v) is 4.27. The second-order valence-electron chi connectivity index (χ2n) is 6.43. The molecule has 7 nitrogen and oxygen atoms in total. The minimum Gasteiger partial charge on any atom is -0.502 e. The number of ketones is 1. The third kappa shape index (κ3) is 3.66. The Morgan fingerprint density at radius 3 is 2.33 bits per heavy atom. The number of aliphatic hydroxyl groups is 1. The molecule has 3 atom stereocenters. The van der Waals surface area contributed by atoms with Crippen molar-refractivity contribution in [1.29, 1.82) is 0 Å². The van der Waals surface area contributed by atoms with Gasteiger partial charge in [-0.1, -0.05) is 6.07 Å². The molecule has 1 aliphatic rings. The molecule has 162 valence electrons. The smallest absolute Gasteiger partial charge is 0.437 e. The maximum atomic E-state index is 14.0. The highest BCUT2D eigenvalue weighted by atomic mass is 32.1. The number of alkyl halides is 3.